The van der Waals surface area contributed by atoms with Crippen molar-refractivity contribution in [2.45, 2.75) is 55.4 Å². The van der Waals surface area contributed by atoms with Gasteiger partial charge < -0.3 is 0 Å². The van der Waals surface area contributed by atoms with Gasteiger partial charge in [-0.3, -0.25) is 9.97 Å². The minimum absolute atomic E-state index is 1.21. The Morgan fingerprint density at radius 2 is 0.622 bits per heavy atom. The number of aryl methyl sites for hydroxylation is 8. The van der Waals surface area contributed by atoms with Crippen molar-refractivity contribution in [2.24, 2.45) is 0 Å². The molecule has 0 atom stereocenters. The van der Waals surface area contributed by atoms with Crippen molar-refractivity contribution in [2.75, 3.05) is 0 Å². The SMILES string of the molecule is Cc1ccc(-c2ccccc2)cc1.Cc1ccc2ccccc2c1.Cc1cccc(-c2ccccc2)c1.Cc1cccc2ccccc12.Cc1ccccc1.Cc1ccccc1-c1ccccc1.Cc1cccnc1.Cc1ccncc1. The highest BCUT2D eigenvalue weighted by atomic mass is 14.6. The minimum Gasteiger partial charge on any atom is -0.265 e. The van der Waals surface area contributed by atoms with Crippen LogP contribution in [-0.2, 0) is 0 Å². The van der Waals surface area contributed by atoms with Gasteiger partial charge >= 0.3 is 0 Å². The Morgan fingerprint density at radius 3 is 1.15 bits per heavy atom. The van der Waals surface area contributed by atoms with Gasteiger partial charge in [-0.05, 0) is 151 Å². The van der Waals surface area contributed by atoms with Gasteiger partial charge in [0.05, 0.1) is 0 Å². The molecule has 2 aromatic heterocycles. The number of fused-ring (bicyclic) bond motifs is 2. The normalized spacial score (nSPS) is 9.71. The summed E-state index contributed by atoms with van der Waals surface area (Å²) in [4.78, 5) is 7.73. The number of nitrogens with zero attached hydrogens (tertiary/aromatic N) is 2. The van der Waals surface area contributed by atoms with Crippen molar-refractivity contribution in [1.82, 2.24) is 9.97 Å². The smallest absolute Gasteiger partial charge is 0.0297 e. The summed E-state index contributed by atoms with van der Waals surface area (Å²) in [6.45, 7) is 16.8. The fourth-order valence-electron chi connectivity index (χ4n) is 8.45. The van der Waals surface area contributed by atoms with Crippen molar-refractivity contribution in [3.05, 3.63) is 373 Å². The number of hydrogen-bond acceptors (Lipinski definition) is 2. The summed E-state index contributed by atoms with van der Waals surface area (Å²) in [7, 11) is 0. The van der Waals surface area contributed by atoms with Gasteiger partial charge in [-0.15, -0.1) is 0 Å². The summed E-state index contributed by atoms with van der Waals surface area (Å²) in [5.74, 6) is 0. The molecule has 0 N–H and O–H groups in total. The molecule has 11 aromatic carbocycles. The zero-order valence-corrected chi connectivity index (χ0v) is 49.1. The maximum atomic E-state index is 3.88. The van der Waals surface area contributed by atoms with E-state index in [1.165, 1.54) is 99.4 Å². The van der Waals surface area contributed by atoms with E-state index in [9.17, 15) is 0 Å². The highest BCUT2D eigenvalue weighted by Crippen LogP contribution is 2.23. The second-order valence-electron chi connectivity index (χ2n) is 20.0. The third-order valence-corrected chi connectivity index (χ3v) is 13.0. The van der Waals surface area contributed by atoms with Crippen LogP contribution in [0.25, 0.3) is 54.9 Å². The van der Waals surface area contributed by atoms with Crippen LogP contribution in [0, 0.1) is 55.4 Å². The average Bonchev–Trinajstić information content (AvgIpc) is 3.52. The predicted octanol–water partition coefficient (Wildman–Crippen LogP) is 22.1. The Kier molecular flexibility index (Phi) is 26.2. The summed E-state index contributed by atoms with van der Waals surface area (Å²) < 4.78 is 0. The molecule has 82 heavy (non-hydrogen) atoms. The number of aromatic nitrogens is 2. The average molecular weight is 1070 g/mol. The fourth-order valence-corrected chi connectivity index (χ4v) is 8.45. The lowest BCUT2D eigenvalue weighted by Crippen LogP contribution is -1.80. The van der Waals surface area contributed by atoms with Crippen LogP contribution >= 0.6 is 0 Å². The Morgan fingerprint density at radius 1 is 0.207 bits per heavy atom. The zero-order valence-electron chi connectivity index (χ0n) is 49.1. The molecule has 13 aromatic rings. The van der Waals surface area contributed by atoms with Crippen molar-refractivity contribution in [3.63, 3.8) is 0 Å². The molecule has 0 aliphatic rings. The molecule has 0 bridgehead atoms. The van der Waals surface area contributed by atoms with E-state index in [4.69, 9.17) is 0 Å². The molecular weight excluding hydrogens is 989 g/mol. The Bertz CT molecular complexity index is 3690. The van der Waals surface area contributed by atoms with Gasteiger partial charge in [-0.2, -0.15) is 0 Å². The van der Waals surface area contributed by atoms with Gasteiger partial charge in [0, 0.05) is 24.8 Å². The van der Waals surface area contributed by atoms with Gasteiger partial charge in [0.1, 0.15) is 0 Å². The molecule has 13 rings (SSSR count). The van der Waals surface area contributed by atoms with Crippen molar-refractivity contribution in [3.8, 4) is 33.4 Å². The van der Waals surface area contributed by atoms with Crippen LogP contribution in [0.4, 0.5) is 0 Å². The standard InChI is InChI=1S/3C13H12.2C11H10.C7H8.2C6H7N/c1-11-7-5-6-10-13(11)12-8-3-2-4-9-12;1-11-6-5-9-13(10-11)12-7-3-2-4-8-12;1-11-7-9-13(10-8-11)12-5-3-2-4-6-12;1-9-5-4-7-10-6-2-3-8-11(9)10;1-9-6-7-10-4-2-3-5-11(10)8-9;1-7-5-3-2-4-6-7;1-6-2-4-7-5-3-6;1-6-3-2-4-7-5-6/h3*2-10H,1H3;2*2-8H,1H3;2-6H,1H3;2*2-5H,1H3. The van der Waals surface area contributed by atoms with Crippen LogP contribution < -0.4 is 0 Å². The highest BCUT2D eigenvalue weighted by molar-refractivity contribution is 5.85. The topological polar surface area (TPSA) is 25.8 Å². The molecule has 408 valence electrons. The first-order valence-corrected chi connectivity index (χ1v) is 28.0. The van der Waals surface area contributed by atoms with Crippen LogP contribution in [0.5, 0.6) is 0 Å². The Labute approximate surface area is 490 Å². The van der Waals surface area contributed by atoms with Crippen molar-refractivity contribution >= 4 is 21.5 Å². The molecule has 0 aliphatic carbocycles. The number of hydrogen-bond donors (Lipinski definition) is 0. The van der Waals surface area contributed by atoms with Crippen LogP contribution in [0.3, 0.4) is 0 Å². The Balaban J connectivity index is 0.000000152. The van der Waals surface area contributed by atoms with E-state index in [1.54, 1.807) is 18.6 Å². The molecule has 0 saturated heterocycles. The Hall–Kier alpha value is -9.76. The van der Waals surface area contributed by atoms with Crippen molar-refractivity contribution in [1.29, 1.82) is 0 Å². The lowest BCUT2D eigenvalue weighted by atomic mass is 10.0. The molecule has 0 unspecified atom stereocenters. The molecule has 0 fully saturated rings. The van der Waals surface area contributed by atoms with Crippen LogP contribution in [-0.4, -0.2) is 9.97 Å². The van der Waals surface area contributed by atoms with Gasteiger partial charge in [0.2, 0.25) is 0 Å². The first-order valence-electron chi connectivity index (χ1n) is 28.0. The second-order valence-corrected chi connectivity index (χ2v) is 20.0. The van der Waals surface area contributed by atoms with Gasteiger partial charge in [0.25, 0.3) is 0 Å². The van der Waals surface area contributed by atoms with E-state index in [-0.39, 0.29) is 0 Å². The predicted molar refractivity (Wildman–Crippen MR) is 356 cm³/mol. The summed E-state index contributed by atoms with van der Waals surface area (Å²) in [6, 6.07) is 105. The zero-order chi connectivity index (χ0) is 58.0. The van der Waals surface area contributed by atoms with Crippen LogP contribution in [0.2, 0.25) is 0 Å². The monoisotopic (exact) mass is 1070 g/mol. The molecular formula is C80H78N2. The quantitative estimate of drug-likeness (QED) is 0.176. The molecule has 2 heteroatoms. The molecule has 2 nitrogen and oxygen atoms in total. The van der Waals surface area contributed by atoms with Gasteiger partial charge in [-0.1, -0.05) is 307 Å². The fraction of sp³-hybridized carbons (Fsp3) is 0.100. The van der Waals surface area contributed by atoms with E-state index >= 15 is 0 Å². The maximum Gasteiger partial charge on any atom is 0.0297 e. The summed E-state index contributed by atoms with van der Waals surface area (Å²) in [5, 5.41) is 5.33. The molecule has 2 heterocycles. The lowest BCUT2D eigenvalue weighted by molar-refractivity contribution is 1.27. The number of pyridine rings is 2. The van der Waals surface area contributed by atoms with E-state index in [0.717, 1.165) is 0 Å². The summed E-state index contributed by atoms with van der Waals surface area (Å²) >= 11 is 0. The van der Waals surface area contributed by atoms with Crippen molar-refractivity contribution < 1.29 is 0 Å². The number of rotatable bonds is 3. The molecule has 0 aliphatic heterocycles. The van der Waals surface area contributed by atoms with Gasteiger partial charge in [-0.25, -0.2) is 0 Å². The molecule has 0 spiro atoms. The summed E-state index contributed by atoms with van der Waals surface area (Å²) in [5.41, 5.74) is 18.2. The van der Waals surface area contributed by atoms with Crippen LogP contribution in [0.1, 0.15) is 44.5 Å². The minimum atomic E-state index is 1.21. The van der Waals surface area contributed by atoms with E-state index in [0.29, 0.717) is 0 Å². The number of benzene rings is 11. The molecule has 0 radical (unpaired) electrons. The largest absolute Gasteiger partial charge is 0.265 e. The van der Waals surface area contributed by atoms with Crippen LogP contribution in [0.15, 0.2) is 328 Å². The maximum absolute atomic E-state index is 3.88. The third-order valence-electron chi connectivity index (χ3n) is 13.0. The third kappa shape index (κ3) is 22.5. The highest BCUT2D eigenvalue weighted by Gasteiger charge is 1.99. The van der Waals surface area contributed by atoms with E-state index in [1.807, 2.05) is 80.7 Å². The van der Waals surface area contributed by atoms with E-state index in [2.05, 4.69) is 294 Å². The molecule has 0 saturated carbocycles. The first-order chi connectivity index (χ1) is 40.0. The molecule has 0 amide bonds. The second kappa shape index (κ2) is 35.0. The summed E-state index contributed by atoms with van der Waals surface area (Å²) in [6.07, 6.45) is 7.18. The lowest BCUT2D eigenvalue weighted by Gasteiger charge is -2.04. The first kappa shape index (κ1) is 61.5. The van der Waals surface area contributed by atoms with E-state index < -0.39 is 0 Å². The van der Waals surface area contributed by atoms with Gasteiger partial charge in [0.15, 0.2) is 0 Å².